The molecular weight excluding hydrogens is 242 g/mol. The van der Waals surface area contributed by atoms with Gasteiger partial charge in [0.05, 0.1) is 23.3 Å². The van der Waals surface area contributed by atoms with Crippen molar-refractivity contribution < 1.29 is 29.3 Å². The van der Waals surface area contributed by atoms with Crippen LogP contribution in [0.5, 0.6) is 0 Å². The van der Waals surface area contributed by atoms with Gasteiger partial charge in [-0.15, -0.1) is 0 Å². The van der Waals surface area contributed by atoms with Gasteiger partial charge in [-0.2, -0.15) is 0 Å². The molecule has 1 aromatic carbocycles. The third-order valence-corrected chi connectivity index (χ3v) is 1.94. The Hall–Kier alpha value is -2.41. The molecule has 0 saturated carbocycles. The van der Waals surface area contributed by atoms with Gasteiger partial charge in [-0.25, -0.2) is 14.4 Å². The van der Waals surface area contributed by atoms with Gasteiger partial charge in [0.2, 0.25) is 0 Å². The second-order valence-electron chi connectivity index (χ2n) is 3.13. The standard InChI is InChI=1S/C11H10O6.H3N/c1-2-17-11(16)8-4-6(9(12)13)3-7(5-8)10(14)15;/h3-5H,2H2,1H3,(H,12,13)(H,14,15);1H3. The van der Waals surface area contributed by atoms with Crippen LogP contribution in [0.4, 0.5) is 0 Å². The summed E-state index contributed by atoms with van der Waals surface area (Å²) < 4.78 is 4.67. The summed E-state index contributed by atoms with van der Waals surface area (Å²) in [4.78, 5) is 32.9. The first-order chi connectivity index (χ1) is 7.95. The van der Waals surface area contributed by atoms with Crippen LogP contribution in [0, 0.1) is 0 Å². The molecule has 0 amide bonds. The van der Waals surface area contributed by atoms with E-state index in [4.69, 9.17) is 10.2 Å². The van der Waals surface area contributed by atoms with Crippen LogP contribution in [0.3, 0.4) is 0 Å². The summed E-state index contributed by atoms with van der Waals surface area (Å²) in [5.74, 6) is -3.37. The maximum absolute atomic E-state index is 11.4. The molecule has 0 radical (unpaired) electrons. The van der Waals surface area contributed by atoms with Crippen molar-refractivity contribution in [3.63, 3.8) is 0 Å². The third kappa shape index (κ3) is 3.56. The van der Waals surface area contributed by atoms with Gasteiger partial charge in [-0.3, -0.25) is 0 Å². The molecule has 0 fully saturated rings. The molecular formula is C11H13NO6. The van der Waals surface area contributed by atoms with Crippen LogP contribution >= 0.6 is 0 Å². The zero-order chi connectivity index (χ0) is 13.0. The number of rotatable bonds is 4. The lowest BCUT2D eigenvalue weighted by atomic mass is 10.1. The lowest BCUT2D eigenvalue weighted by molar-refractivity contribution is 0.0526. The molecule has 0 aromatic heterocycles. The monoisotopic (exact) mass is 255 g/mol. The molecule has 0 bridgehead atoms. The minimum absolute atomic E-state index is 0. The quantitative estimate of drug-likeness (QED) is 0.692. The molecule has 0 aliphatic heterocycles. The highest BCUT2D eigenvalue weighted by molar-refractivity contribution is 5.99. The van der Waals surface area contributed by atoms with Crippen LogP contribution in [0.25, 0.3) is 0 Å². The van der Waals surface area contributed by atoms with Gasteiger partial charge in [-0.1, -0.05) is 0 Å². The zero-order valence-electron chi connectivity index (χ0n) is 9.67. The van der Waals surface area contributed by atoms with Crippen LogP contribution in [-0.4, -0.2) is 34.7 Å². The van der Waals surface area contributed by atoms with Crippen LogP contribution in [-0.2, 0) is 4.74 Å². The Morgan fingerprint density at radius 2 is 1.39 bits per heavy atom. The molecule has 7 heteroatoms. The lowest BCUT2D eigenvalue weighted by Gasteiger charge is -2.04. The van der Waals surface area contributed by atoms with Crippen molar-refractivity contribution >= 4 is 17.9 Å². The normalized spacial score (nSPS) is 9.17. The van der Waals surface area contributed by atoms with E-state index in [0.29, 0.717) is 0 Å². The molecule has 1 rings (SSSR count). The van der Waals surface area contributed by atoms with E-state index in [1.165, 1.54) is 0 Å². The van der Waals surface area contributed by atoms with E-state index in [0.717, 1.165) is 18.2 Å². The van der Waals surface area contributed by atoms with E-state index in [-0.39, 0.29) is 29.4 Å². The number of carbonyl (C=O) groups excluding carboxylic acids is 1. The van der Waals surface area contributed by atoms with Crippen molar-refractivity contribution in [3.8, 4) is 0 Å². The number of carboxylic acids is 2. The van der Waals surface area contributed by atoms with E-state index < -0.39 is 17.9 Å². The molecule has 0 aliphatic rings. The highest BCUT2D eigenvalue weighted by Crippen LogP contribution is 2.12. The van der Waals surface area contributed by atoms with Gasteiger partial charge in [0, 0.05) is 0 Å². The summed E-state index contributed by atoms with van der Waals surface area (Å²) in [5.41, 5.74) is -0.634. The second kappa shape index (κ2) is 6.36. The summed E-state index contributed by atoms with van der Waals surface area (Å²) in [5, 5.41) is 17.6. The zero-order valence-corrected chi connectivity index (χ0v) is 9.67. The molecule has 0 spiro atoms. The van der Waals surface area contributed by atoms with Gasteiger partial charge >= 0.3 is 17.9 Å². The summed E-state index contributed by atoms with van der Waals surface area (Å²) >= 11 is 0. The highest BCUT2D eigenvalue weighted by atomic mass is 16.5. The topological polar surface area (TPSA) is 136 Å². The van der Waals surface area contributed by atoms with Crippen LogP contribution in [0.2, 0.25) is 0 Å². The first-order valence-electron chi connectivity index (χ1n) is 4.74. The van der Waals surface area contributed by atoms with E-state index >= 15 is 0 Å². The minimum atomic E-state index is -1.31. The molecule has 0 heterocycles. The Labute approximate surface area is 103 Å². The molecule has 0 atom stereocenters. The van der Waals surface area contributed by atoms with E-state index in [1.54, 1.807) is 6.92 Å². The predicted octanol–water partition coefficient (Wildman–Crippen LogP) is 1.42. The summed E-state index contributed by atoms with van der Waals surface area (Å²) in [6.45, 7) is 1.72. The van der Waals surface area contributed by atoms with Gasteiger partial charge < -0.3 is 21.1 Å². The number of ether oxygens (including phenoxy) is 1. The Morgan fingerprint density at radius 1 is 1.00 bits per heavy atom. The number of carbonyl (C=O) groups is 3. The maximum atomic E-state index is 11.4. The maximum Gasteiger partial charge on any atom is 0.338 e. The second-order valence-corrected chi connectivity index (χ2v) is 3.13. The Kier molecular flexibility index (Phi) is 5.50. The van der Waals surface area contributed by atoms with Crippen LogP contribution < -0.4 is 6.15 Å². The number of hydrogen-bond donors (Lipinski definition) is 3. The summed E-state index contributed by atoms with van der Waals surface area (Å²) in [6.07, 6.45) is 0. The average Bonchev–Trinajstić information content (AvgIpc) is 2.28. The van der Waals surface area contributed by atoms with E-state index in [1.807, 2.05) is 0 Å². The largest absolute Gasteiger partial charge is 0.478 e. The first-order valence-corrected chi connectivity index (χ1v) is 4.74. The summed E-state index contributed by atoms with van der Waals surface area (Å²) in [6, 6.07) is 3.13. The van der Waals surface area contributed by atoms with Crippen molar-refractivity contribution in [1.82, 2.24) is 6.15 Å². The molecule has 0 aliphatic carbocycles. The molecule has 0 unspecified atom stereocenters. The Morgan fingerprint density at radius 3 is 1.72 bits per heavy atom. The van der Waals surface area contributed by atoms with Crippen molar-refractivity contribution in [1.29, 1.82) is 0 Å². The van der Waals surface area contributed by atoms with E-state index in [9.17, 15) is 14.4 Å². The summed E-state index contributed by atoms with van der Waals surface area (Å²) in [7, 11) is 0. The third-order valence-electron chi connectivity index (χ3n) is 1.94. The van der Waals surface area contributed by atoms with Gasteiger partial charge in [-0.05, 0) is 25.1 Å². The predicted molar refractivity (Wildman–Crippen MR) is 61.3 cm³/mol. The fourth-order valence-electron chi connectivity index (χ4n) is 1.21. The molecule has 7 nitrogen and oxygen atoms in total. The van der Waals surface area contributed by atoms with Crippen molar-refractivity contribution in [3.05, 3.63) is 34.9 Å². The number of aromatic carboxylic acids is 2. The molecule has 18 heavy (non-hydrogen) atoms. The van der Waals surface area contributed by atoms with Crippen molar-refractivity contribution in [2.45, 2.75) is 6.92 Å². The van der Waals surface area contributed by atoms with Crippen LogP contribution in [0.15, 0.2) is 18.2 Å². The van der Waals surface area contributed by atoms with Crippen molar-refractivity contribution in [2.24, 2.45) is 0 Å². The minimum Gasteiger partial charge on any atom is -0.478 e. The van der Waals surface area contributed by atoms with Gasteiger partial charge in [0.1, 0.15) is 0 Å². The number of esters is 1. The van der Waals surface area contributed by atoms with Gasteiger partial charge in [0.15, 0.2) is 0 Å². The van der Waals surface area contributed by atoms with E-state index in [2.05, 4.69) is 4.74 Å². The lowest BCUT2D eigenvalue weighted by Crippen LogP contribution is -2.10. The average molecular weight is 255 g/mol. The van der Waals surface area contributed by atoms with Crippen molar-refractivity contribution in [2.75, 3.05) is 6.61 Å². The Bertz CT molecular complexity index is 450. The fourth-order valence-corrected chi connectivity index (χ4v) is 1.21. The first kappa shape index (κ1) is 15.6. The SMILES string of the molecule is CCOC(=O)c1cc(C(=O)O)cc(C(=O)O)c1.N. The number of benzene rings is 1. The molecule has 1 aromatic rings. The molecule has 98 valence electrons. The van der Waals surface area contributed by atoms with Gasteiger partial charge in [0.25, 0.3) is 0 Å². The highest BCUT2D eigenvalue weighted by Gasteiger charge is 2.15. The smallest absolute Gasteiger partial charge is 0.338 e. The number of hydrogen-bond acceptors (Lipinski definition) is 5. The fraction of sp³-hybridized carbons (Fsp3) is 0.182. The van der Waals surface area contributed by atoms with Crippen LogP contribution in [0.1, 0.15) is 38.0 Å². The molecule has 5 N–H and O–H groups in total. The Balaban J connectivity index is 0.00000289. The molecule has 0 saturated heterocycles. The number of carboxylic acid groups (broad SMARTS) is 2.